The molecule has 0 heterocycles. The van der Waals surface area contributed by atoms with Gasteiger partial charge in [0.25, 0.3) is 5.91 Å². The Bertz CT molecular complexity index is 728. The van der Waals surface area contributed by atoms with Crippen LogP contribution >= 0.6 is 0 Å². The van der Waals surface area contributed by atoms with E-state index in [2.05, 4.69) is 0 Å². The number of esters is 1. The molecular weight excluding hydrogens is 313 g/mol. The van der Waals surface area contributed by atoms with Gasteiger partial charge in [0.2, 0.25) is 6.10 Å². The highest BCUT2D eigenvalue weighted by atomic mass is 19.1. The van der Waals surface area contributed by atoms with Gasteiger partial charge in [-0.25, -0.2) is 4.39 Å². The normalized spacial score (nSPS) is 11.5. The predicted molar refractivity (Wildman–Crippen MR) is 84.4 cm³/mol. The van der Waals surface area contributed by atoms with E-state index >= 15 is 0 Å². The van der Waals surface area contributed by atoms with E-state index < -0.39 is 23.8 Å². The highest BCUT2D eigenvalue weighted by Crippen LogP contribution is 2.18. The lowest BCUT2D eigenvalue weighted by Gasteiger charge is -2.14. The molecule has 0 aliphatic rings. The third-order valence-corrected chi connectivity index (χ3v) is 3.33. The summed E-state index contributed by atoms with van der Waals surface area (Å²) in [4.78, 5) is 35.3. The van der Waals surface area contributed by atoms with Crippen molar-refractivity contribution in [2.75, 3.05) is 0 Å². The van der Waals surface area contributed by atoms with Gasteiger partial charge >= 0.3 is 5.97 Å². The summed E-state index contributed by atoms with van der Waals surface area (Å²) in [5.41, 5.74) is 6.03. The Labute approximate surface area is 138 Å². The van der Waals surface area contributed by atoms with E-state index in [-0.39, 0.29) is 18.6 Å². The van der Waals surface area contributed by atoms with Crippen molar-refractivity contribution >= 4 is 17.7 Å². The summed E-state index contributed by atoms with van der Waals surface area (Å²) in [5.74, 6) is -2.27. The zero-order chi connectivity index (χ0) is 17.5. The first kappa shape index (κ1) is 17.3. The largest absolute Gasteiger partial charge is 0.447 e. The molecule has 0 fully saturated rings. The van der Waals surface area contributed by atoms with Crippen molar-refractivity contribution in [2.24, 2.45) is 5.73 Å². The van der Waals surface area contributed by atoms with E-state index in [1.807, 2.05) is 0 Å². The molecule has 6 heteroatoms. The number of ketones is 1. The first-order valence-electron chi connectivity index (χ1n) is 7.30. The second-order valence-corrected chi connectivity index (χ2v) is 5.11. The van der Waals surface area contributed by atoms with Gasteiger partial charge in [-0.15, -0.1) is 0 Å². The van der Waals surface area contributed by atoms with Crippen molar-refractivity contribution in [1.82, 2.24) is 0 Å². The minimum Gasteiger partial charge on any atom is -0.447 e. The first-order chi connectivity index (χ1) is 11.5. The van der Waals surface area contributed by atoms with E-state index in [0.29, 0.717) is 11.1 Å². The Morgan fingerprint density at radius 3 is 2.17 bits per heavy atom. The van der Waals surface area contributed by atoms with Crippen LogP contribution in [0.1, 0.15) is 34.9 Å². The van der Waals surface area contributed by atoms with E-state index in [9.17, 15) is 18.8 Å². The average Bonchev–Trinajstić information content (AvgIpc) is 2.58. The topological polar surface area (TPSA) is 86.5 Å². The number of rotatable bonds is 7. The molecule has 1 atom stereocenters. The van der Waals surface area contributed by atoms with Crippen LogP contribution in [-0.2, 0) is 14.3 Å². The molecular formula is C18H16FNO4. The molecule has 2 rings (SSSR count). The maximum Gasteiger partial charge on any atom is 0.307 e. The standard InChI is InChI=1S/C18H16FNO4/c19-14-8-6-12(7-9-14)15(21)10-11-16(22)24-17(18(20)23)13-4-2-1-3-5-13/h1-9,17H,10-11H2,(H2,20,23). The maximum absolute atomic E-state index is 12.8. The van der Waals surface area contributed by atoms with Crippen molar-refractivity contribution in [3.63, 3.8) is 0 Å². The zero-order valence-electron chi connectivity index (χ0n) is 12.8. The van der Waals surface area contributed by atoms with Crippen LogP contribution in [0.15, 0.2) is 54.6 Å². The Morgan fingerprint density at radius 1 is 0.958 bits per heavy atom. The summed E-state index contributed by atoms with van der Waals surface area (Å²) < 4.78 is 17.9. The molecule has 0 aliphatic heterocycles. The molecule has 24 heavy (non-hydrogen) atoms. The monoisotopic (exact) mass is 329 g/mol. The van der Waals surface area contributed by atoms with Crippen LogP contribution in [0.3, 0.4) is 0 Å². The van der Waals surface area contributed by atoms with E-state index in [0.717, 1.165) is 0 Å². The maximum atomic E-state index is 12.8. The highest BCUT2D eigenvalue weighted by Gasteiger charge is 2.22. The minimum atomic E-state index is -1.19. The number of nitrogens with two attached hydrogens (primary N) is 1. The third kappa shape index (κ3) is 4.74. The Kier molecular flexibility index (Phi) is 5.78. The molecule has 0 saturated carbocycles. The number of benzene rings is 2. The molecule has 0 saturated heterocycles. The minimum absolute atomic E-state index is 0.106. The second-order valence-electron chi connectivity index (χ2n) is 5.11. The van der Waals surface area contributed by atoms with Gasteiger partial charge in [0.05, 0.1) is 6.42 Å². The Balaban J connectivity index is 1.93. The third-order valence-electron chi connectivity index (χ3n) is 3.33. The summed E-state index contributed by atoms with van der Waals surface area (Å²) in [7, 11) is 0. The molecule has 0 spiro atoms. The summed E-state index contributed by atoms with van der Waals surface area (Å²) in [6, 6.07) is 13.4. The van der Waals surface area contributed by atoms with Gasteiger partial charge in [-0.3, -0.25) is 14.4 Å². The van der Waals surface area contributed by atoms with Crippen molar-refractivity contribution < 1.29 is 23.5 Å². The number of ether oxygens (including phenoxy) is 1. The lowest BCUT2D eigenvalue weighted by Crippen LogP contribution is -2.26. The quantitative estimate of drug-likeness (QED) is 0.625. The fraction of sp³-hybridized carbons (Fsp3) is 0.167. The molecule has 1 unspecified atom stereocenters. The number of Topliss-reactive ketones (excluding diaryl/α,β-unsaturated/α-hetero) is 1. The molecule has 5 nitrogen and oxygen atoms in total. The molecule has 0 bridgehead atoms. The zero-order valence-corrected chi connectivity index (χ0v) is 12.8. The lowest BCUT2D eigenvalue weighted by molar-refractivity contribution is -0.155. The molecule has 2 aromatic carbocycles. The molecule has 2 aromatic rings. The number of carbonyl (C=O) groups excluding carboxylic acids is 3. The van der Waals surface area contributed by atoms with Crippen molar-refractivity contribution in [2.45, 2.75) is 18.9 Å². The van der Waals surface area contributed by atoms with Gasteiger partial charge in [-0.05, 0) is 24.3 Å². The second kappa shape index (κ2) is 8.01. The summed E-state index contributed by atoms with van der Waals surface area (Å²) in [5, 5.41) is 0. The molecule has 124 valence electrons. The number of hydrogen-bond donors (Lipinski definition) is 1. The van der Waals surface area contributed by atoms with Crippen LogP contribution in [0.4, 0.5) is 4.39 Å². The molecule has 0 radical (unpaired) electrons. The van der Waals surface area contributed by atoms with E-state index in [4.69, 9.17) is 10.5 Å². The number of carbonyl (C=O) groups is 3. The average molecular weight is 329 g/mol. The fourth-order valence-electron chi connectivity index (χ4n) is 2.10. The van der Waals surface area contributed by atoms with Crippen molar-refractivity contribution in [3.05, 3.63) is 71.5 Å². The number of primary amides is 1. The van der Waals surface area contributed by atoms with Gasteiger partial charge in [-0.2, -0.15) is 0 Å². The number of hydrogen-bond acceptors (Lipinski definition) is 4. The number of amides is 1. The van der Waals surface area contributed by atoms with Crippen LogP contribution in [0.25, 0.3) is 0 Å². The SMILES string of the molecule is NC(=O)C(OC(=O)CCC(=O)c1ccc(F)cc1)c1ccccc1. The smallest absolute Gasteiger partial charge is 0.307 e. The predicted octanol–water partition coefficient (Wildman–Crippen LogP) is 2.56. The van der Waals surface area contributed by atoms with E-state index in [1.165, 1.54) is 24.3 Å². The van der Waals surface area contributed by atoms with Crippen molar-refractivity contribution in [1.29, 1.82) is 0 Å². The Morgan fingerprint density at radius 2 is 1.58 bits per heavy atom. The summed E-state index contributed by atoms with van der Waals surface area (Å²) in [6.45, 7) is 0. The van der Waals surface area contributed by atoms with Gasteiger partial charge in [-0.1, -0.05) is 30.3 Å². The molecule has 0 aliphatic carbocycles. The van der Waals surface area contributed by atoms with Crippen LogP contribution in [0, 0.1) is 5.82 Å². The highest BCUT2D eigenvalue weighted by molar-refractivity contribution is 5.97. The van der Waals surface area contributed by atoms with Crippen LogP contribution in [0.2, 0.25) is 0 Å². The van der Waals surface area contributed by atoms with E-state index in [1.54, 1.807) is 30.3 Å². The van der Waals surface area contributed by atoms with Crippen LogP contribution in [-0.4, -0.2) is 17.7 Å². The summed E-state index contributed by atoms with van der Waals surface area (Å²) >= 11 is 0. The summed E-state index contributed by atoms with van der Waals surface area (Å²) in [6.07, 6.45) is -1.50. The lowest BCUT2D eigenvalue weighted by atomic mass is 10.1. The van der Waals surface area contributed by atoms with Gasteiger partial charge in [0.15, 0.2) is 5.78 Å². The fourth-order valence-corrected chi connectivity index (χ4v) is 2.10. The first-order valence-corrected chi connectivity index (χ1v) is 7.30. The van der Waals surface area contributed by atoms with Gasteiger partial charge in [0, 0.05) is 17.5 Å². The van der Waals surface area contributed by atoms with Gasteiger partial charge < -0.3 is 10.5 Å². The molecule has 0 aromatic heterocycles. The van der Waals surface area contributed by atoms with Crippen molar-refractivity contribution in [3.8, 4) is 0 Å². The van der Waals surface area contributed by atoms with Gasteiger partial charge in [0.1, 0.15) is 5.82 Å². The molecule has 2 N–H and O–H groups in total. The van der Waals surface area contributed by atoms with Crippen LogP contribution < -0.4 is 5.73 Å². The Hall–Kier alpha value is -3.02. The molecule has 1 amide bonds. The number of halogens is 1. The van der Waals surface area contributed by atoms with Crippen LogP contribution in [0.5, 0.6) is 0 Å².